The van der Waals surface area contributed by atoms with Crippen LogP contribution in [-0.2, 0) is 42.3 Å². The fourth-order valence-corrected chi connectivity index (χ4v) is 4.12. The molecule has 0 aromatic heterocycles. The Balaban J connectivity index is 1.70. The van der Waals surface area contributed by atoms with E-state index in [9.17, 15) is 10.1 Å². The highest BCUT2D eigenvalue weighted by molar-refractivity contribution is 6.74. The molecule has 256 valence electrons. The molecule has 0 N–H and O–H groups in total. The van der Waals surface area contributed by atoms with Crippen molar-refractivity contribution in [3.05, 3.63) is 34.4 Å². The summed E-state index contributed by atoms with van der Waals surface area (Å²) in [6.45, 7) is 20.1. The van der Waals surface area contributed by atoms with Crippen LogP contribution in [0.1, 0.15) is 20.8 Å². The molecule has 0 aliphatic carbocycles. The highest BCUT2D eigenvalue weighted by Crippen LogP contribution is 2.36. The van der Waals surface area contributed by atoms with Crippen LogP contribution < -0.4 is 4.74 Å². The van der Waals surface area contributed by atoms with E-state index in [1.54, 1.807) is 12.1 Å². The van der Waals surface area contributed by atoms with Crippen molar-refractivity contribution in [2.45, 2.75) is 38.9 Å². The SMILES string of the molecule is CC(C)(C)[Si](C)(C)OCCOCCOCCOCCOCCOCCOCCOCCOCCOc1ccc([N+](=O)[O-])cc1. The summed E-state index contributed by atoms with van der Waals surface area (Å²) in [5.74, 6) is 0.559. The summed E-state index contributed by atoms with van der Waals surface area (Å²) in [6, 6.07) is 5.92. The second-order valence-corrected chi connectivity index (χ2v) is 15.9. The zero-order chi connectivity index (χ0) is 32.4. The first-order chi connectivity index (χ1) is 21.1. The quantitative estimate of drug-likeness (QED) is 0.0513. The van der Waals surface area contributed by atoms with Crippen molar-refractivity contribution in [3.63, 3.8) is 0 Å². The van der Waals surface area contributed by atoms with Crippen LogP contribution in [0, 0.1) is 10.1 Å². The monoisotopic (exact) mass is 649 g/mol. The molecule has 0 amide bonds. The predicted octanol–water partition coefficient (Wildman–Crippen LogP) is 4.13. The van der Waals surface area contributed by atoms with Gasteiger partial charge in [-0.2, -0.15) is 0 Å². The topological polar surface area (TPSA) is 135 Å². The minimum atomic E-state index is -1.70. The molecule has 0 radical (unpaired) electrons. The molecule has 13 nitrogen and oxygen atoms in total. The van der Waals surface area contributed by atoms with Crippen molar-refractivity contribution in [1.29, 1.82) is 0 Å². The molecule has 0 aliphatic rings. The van der Waals surface area contributed by atoms with E-state index in [2.05, 4.69) is 33.9 Å². The molecule has 0 heterocycles. The van der Waals surface area contributed by atoms with E-state index in [4.69, 9.17) is 47.1 Å². The van der Waals surface area contributed by atoms with E-state index in [0.717, 1.165) is 0 Å². The molecule has 0 fully saturated rings. The van der Waals surface area contributed by atoms with Crippen LogP contribution in [0.25, 0.3) is 0 Å². The molecule has 0 saturated carbocycles. The van der Waals surface area contributed by atoms with Crippen LogP contribution in [0.4, 0.5) is 5.69 Å². The summed E-state index contributed by atoms with van der Waals surface area (Å²) in [4.78, 5) is 10.2. The summed E-state index contributed by atoms with van der Waals surface area (Å²) < 4.78 is 55.4. The Kier molecular flexibility index (Phi) is 23.3. The van der Waals surface area contributed by atoms with Gasteiger partial charge >= 0.3 is 0 Å². The third-order valence-corrected chi connectivity index (χ3v) is 11.2. The lowest BCUT2D eigenvalue weighted by Crippen LogP contribution is -2.41. The average Bonchev–Trinajstić information content (AvgIpc) is 2.98. The zero-order valence-corrected chi connectivity index (χ0v) is 28.4. The number of nitrogens with zero attached hydrogens (tertiary/aromatic N) is 1. The Hall–Kier alpha value is -1.72. The summed E-state index contributed by atoms with van der Waals surface area (Å²) in [7, 11) is -1.70. The standard InChI is InChI=1S/C30H55NO12Si/c1-30(2,3)44(4,5)43-27-25-41-23-21-39-19-17-37-15-13-35-11-10-34-12-14-36-16-18-38-20-22-40-24-26-42-29-8-6-28(7-9-29)31(32)33/h6-9H,10-27H2,1-5H3. The van der Waals surface area contributed by atoms with E-state index >= 15 is 0 Å². The van der Waals surface area contributed by atoms with E-state index < -0.39 is 13.2 Å². The Morgan fingerprint density at radius 1 is 0.545 bits per heavy atom. The molecule has 0 unspecified atom stereocenters. The lowest BCUT2D eigenvalue weighted by Gasteiger charge is -2.36. The molecule has 14 heteroatoms. The van der Waals surface area contributed by atoms with Gasteiger partial charge in [0, 0.05) is 12.1 Å². The normalized spacial score (nSPS) is 12.1. The summed E-state index contributed by atoms with van der Waals surface area (Å²) in [6.07, 6.45) is 0. The van der Waals surface area contributed by atoms with Gasteiger partial charge in [0.15, 0.2) is 8.32 Å². The highest BCUT2D eigenvalue weighted by Gasteiger charge is 2.36. The molecule has 0 saturated heterocycles. The molecule has 1 aromatic rings. The number of nitro groups is 1. The minimum Gasteiger partial charge on any atom is -0.491 e. The Labute approximate surface area is 263 Å². The average molecular weight is 650 g/mol. The van der Waals surface area contributed by atoms with Gasteiger partial charge in [-0.25, -0.2) is 0 Å². The van der Waals surface area contributed by atoms with E-state index in [1.165, 1.54) is 12.1 Å². The van der Waals surface area contributed by atoms with Gasteiger partial charge in [0.05, 0.1) is 117 Å². The van der Waals surface area contributed by atoms with Crippen molar-refractivity contribution in [1.82, 2.24) is 0 Å². The van der Waals surface area contributed by atoms with Crippen LogP contribution in [0.15, 0.2) is 24.3 Å². The van der Waals surface area contributed by atoms with Gasteiger partial charge < -0.3 is 47.1 Å². The summed E-state index contributed by atoms with van der Waals surface area (Å²) in [5.41, 5.74) is 0.0281. The Morgan fingerprint density at radius 3 is 1.14 bits per heavy atom. The number of ether oxygens (including phenoxy) is 9. The third-order valence-electron chi connectivity index (χ3n) is 6.64. The molecule has 0 aliphatic heterocycles. The molecule has 0 atom stereocenters. The lowest BCUT2D eigenvalue weighted by atomic mass is 10.2. The van der Waals surface area contributed by atoms with E-state index in [0.29, 0.717) is 125 Å². The zero-order valence-electron chi connectivity index (χ0n) is 27.4. The fourth-order valence-electron chi connectivity index (χ4n) is 3.10. The molecule has 0 bridgehead atoms. The second kappa shape index (κ2) is 25.5. The maximum Gasteiger partial charge on any atom is 0.269 e. The van der Waals surface area contributed by atoms with Gasteiger partial charge in [0.2, 0.25) is 0 Å². The van der Waals surface area contributed by atoms with Crippen molar-refractivity contribution >= 4 is 14.0 Å². The predicted molar refractivity (Wildman–Crippen MR) is 168 cm³/mol. The van der Waals surface area contributed by atoms with Gasteiger partial charge in [-0.15, -0.1) is 0 Å². The first kappa shape index (κ1) is 40.3. The number of benzene rings is 1. The number of non-ortho nitro benzene ring substituents is 1. The molecular formula is C30H55NO12Si. The van der Waals surface area contributed by atoms with Gasteiger partial charge in [-0.3, -0.25) is 10.1 Å². The number of hydrogen-bond acceptors (Lipinski definition) is 12. The van der Waals surface area contributed by atoms with Crippen molar-refractivity contribution in [3.8, 4) is 5.75 Å². The van der Waals surface area contributed by atoms with Gasteiger partial charge in [0.1, 0.15) is 12.4 Å². The Bertz CT molecular complexity index is 823. The summed E-state index contributed by atoms with van der Waals surface area (Å²) >= 11 is 0. The fraction of sp³-hybridized carbons (Fsp3) is 0.800. The molecule has 1 aromatic carbocycles. The van der Waals surface area contributed by atoms with Crippen LogP contribution in [0.3, 0.4) is 0 Å². The van der Waals surface area contributed by atoms with Crippen LogP contribution in [0.2, 0.25) is 18.1 Å². The van der Waals surface area contributed by atoms with Crippen molar-refractivity contribution in [2.75, 3.05) is 119 Å². The Morgan fingerprint density at radius 2 is 0.841 bits per heavy atom. The number of nitro benzene ring substituents is 1. The molecule has 1 rings (SSSR count). The molecular weight excluding hydrogens is 594 g/mol. The van der Waals surface area contributed by atoms with E-state index in [-0.39, 0.29) is 10.7 Å². The summed E-state index contributed by atoms with van der Waals surface area (Å²) in [5, 5.41) is 10.8. The maximum atomic E-state index is 10.6. The first-order valence-electron chi connectivity index (χ1n) is 15.3. The largest absolute Gasteiger partial charge is 0.491 e. The number of rotatable bonds is 30. The lowest BCUT2D eigenvalue weighted by molar-refractivity contribution is -0.384. The molecule has 0 spiro atoms. The van der Waals surface area contributed by atoms with Gasteiger partial charge in [-0.1, -0.05) is 20.8 Å². The van der Waals surface area contributed by atoms with Crippen LogP contribution in [-0.4, -0.2) is 132 Å². The van der Waals surface area contributed by atoms with Crippen LogP contribution >= 0.6 is 0 Å². The van der Waals surface area contributed by atoms with Crippen molar-refractivity contribution < 1.29 is 52.0 Å². The first-order valence-corrected chi connectivity index (χ1v) is 18.2. The van der Waals surface area contributed by atoms with Gasteiger partial charge in [-0.05, 0) is 30.3 Å². The molecule has 44 heavy (non-hydrogen) atoms. The number of hydrogen-bond donors (Lipinski definition) is 0. The minimum absolute atomic E-state index is 0.0281. The van der Waals surface area contributed by atoms with Crippen LogP contribution in [0.5, 0.6) is 5.75 Å². The highest BCUT2D eigenvalue weighted by atomic mass is 28.4. The smallest absolute Gasteiger partial charge is 0.269 e. The third kappa shape index (κ3) is 21.9. The van der Waals surface area contributed by atoms with E-state index in [1.807, 2.05) is 0 Å². The van der Waals surface area contributed by atoms with Crippen molar-refractivity contribution in [2.24, 2.45) is 0 Å². The van der Waals surface area contributed by atoms with Gasteiger partial charge in [0.25, 0.3) is 5.69 Å². The second-order valence-electron chi connectivity index (χ2n) is 11.1. The maximum absolute atomic E-state index is 10.6.